The van der Waals surface area contributed by atoms with Crippen molar-refractivity contribution < 1.29 is 17.7 Å². The molecule has 9 aromatic heterocycles. The summed E-state index contributed by atoms with van der Waals surface area (Å²) in [6.07, 6.45) is 1.84. The van der Waals surface area contributed by atoms with Crippen LogP contribution in [0.2, 0.25) is 0 Å². The van der Waals surface area contributed by atoms with Crippen LogP contribution in [-0.4, -0.2) is 39.9 Å². The van der Waals surface area contributed by atoms with Gasteiger partial charge in [-0.3, -0.25) is 4.98 Å². The van der Waals surface area contributed by atoms with Crippen molar-refractivity contribution in [1.29, 1.82) is 0 Å². The monoisotopic (exact) mass is 1790 g/mol. The van der Waals surface area contributed by atoms with Gasteiger partial charge in [0.15, 0.2) is 5.82 Å². The van der Waals surface area contributed by atoms with E-state index in [2.05, 4.69) is 260 Å². The summed E-state index contributed by atoms with van der Waals surface area (Å²) in [6, 6.07) is 163. The normalized spacial score (nSPS) is 11.4. The van der Waals surface area contributed by atoms with Gasteiger partial charge in [0.1, 0.15) is 44.7 Å². The number of furan rings is 4. The Bertz CT molecular complexity index is 9510. The quantitative estimate of drug-likeness (QED) is 0.114. The first-order valence-electron chi connectivity index (χ1n) is 46.7. The van der Waals surface area contributed by atoms with E-state index in [9.17, 15) is 0 Å². The van der Waals surface area contributed by atoms with E-state index in [1.165, 1.54) is 11.1 Å². The number of benzene rings is 19. The number of hydrogen-bond donors (Lipinski definition) is 0. The van der Waals surface area contributed by atoms with Crippen LogP contribution in [0.1, 0.15) is 0 Å². The Balaban J connectivity index is 0.0000000985. The van der Waals surface area contributed by atoms with Gasteiger partial charge in [-0.2, -0.15) is 0 Å². The summed E-state index contributed by atoms with van der Waals surface area (Å²) in [6.45, 7) is 0. The fraction of sp³-hybridized carbons (Fsp3) is 0. The van der Waals surface area contributed by atoms with Gasteiger partial charge in [0.25, 0.3) is 0 Å². The Morgan fingerprint density at radius 1 is 0.150 bits per heavy atom. The fourth-order valence-corrected chi connectivity index (χ4v) is 19.4. The molecule has 0 fully saturated rings. The third kappa shape index (κ3) is 15.6. The van der Waals surface area contributed by atoms with E-state index in [4.69, 9.17) is 52.6 Å². The maximum atomic E-state index is 6.16. The summed E-state index contributed by atoms with van der Waals surface area (Å²) in [5.41, 5.74) is 36.1. The SMILES string of the molecule is c1ccc(-c2ccc(-c3nc(-c4cccc5oc6ccccc6c45)cc4ncccc34)cc2)cc1.c1ccc(-c2nc(-c3ccccc3)c3cc(-c4cccc5oc6ccccc6c45)ccc3n2)cc1.c1ccc(-c2nc3ccc(-c4cccc5oc6ccccc6c45)cc3nc2-c2ccccc2)cc1.c1ccc(-c2nc3cccc(-c4cccc5oc6ccccc6c45)c3nc2-c2ccccc2)cc1. The van der Waals surface area contributed by atoms with Crippen molar-refractivity contribution in [1.82, 2.24) is 39.9 Å². The summed E-state index contributed by atoms with van der Waals surface area (Å²) < 4.78 is 24.5. The van der Waals surface area contributed by atoms with E-state index in [-0.39, 0.29) is 0 Å². The van der Waals surface area contributed by atoms with Crippen LogP contribution in [-0.2, 0) is 0 Å². The number of rotatable bonds is 12. The molecule has 0 bridgehead atoms. The molecule has 0 aliphatic rings. The summed E-state index contributed by atoms with van der Waals surface area (Å²) in [4.78, 5) is 40.5. The van der Waals surface area contributed by atoms with Crippen LogP contribution >= 0.6 is 0 Å². The number of para-hydroxylation sites is 5. The summed E-state index contributed by atoms with van der Waals surface area (Å²) in [5, 5.41) is 10.9. The molecule has 12 nitrogen and oxygen atoms in total. The summed E-state index contributed by atoms with van der Waals surface area (Å²) in [5.74, 6) is 0.729. The maximum Gasteiger partial charge on any atom is 0.160 e. The van der Waals surface area contributed by atoms with Crippen molar-refractivity contribution >= 4 is 132 Å². The highest BCUT2D eigenvalue weighted by molar-refractivity contribution is 6.18. The lowest BCUT2D eigenvalue weighted by molar-refractivity contribution is 0.668. The van der Waals surface area contributed by atoms with Gasteiger partial charge in [-0.05, 0) is 136 Å². The Hall–Kier alpha value is -19.0. The van der Waals surface area contributed by atoms with E-state index in [1.54, 1.807) is 0 Å². The highest BCUT2D eigenvalue weighted by atomic mass is 16.3. The molecular formula is C128H80N8O4. The van der Waals surface area contributed by atoms with E-state index in [0.29, 0.717) is 0 Å². The second-order valence-corrected chi connectivity index (χ2v) is 34.5. The minimum atomic E-state index is 0.729. The molecule has 656 valence electrons. The molecule has 0 atom stereocenters. The Morgan fingerprint density at radius 2 is 0.479 bits per heavy atom. The second kappa shape index (κ2) is 36.1. The Morgan fingerprint density at radius 3 is 0.971 bits per heavy atom. The molecule has 140 heavy (non-hydrogen) atoms. The Labute approximate surface area is 803 Å². The molecule has 0 unspecified atom stereocenters. The molecule has 0 radical (unpaired) electrons. The van der Waals surface area contributed by atoms with Crippen molar-refractivity contribution in [2.45, 2.75) is 0 Å². The number of fused-ring (bicyclic) bond motifs is 16. The van der Waals surface area contributed by atoms with Gasteiger partial charge in [0, 0.05) is 110 Å². The first kappa shape index (κ1) is 82.8. The molecule has 0 aliphatic heterocycles. The molecule has 12 heteroatoms. The predicted molar refractivity (Wildman–Crippen MR) is 572 cm³/mol. The Kier molecular flexibility index (Phi) is 21.3. The molecule has 19 aromatic carbocycles. The second-order valence-electron chi connectivity index (χ2n) is 34.5. The van der Waals surface area contributed by atoms with Crippen molar-refractivity contribution in [2.75, 3.05) is 0 Å². The third-order valence-electron chi connectivity index (χ3n) is 26.0. The lowest BCUT2D eigenvalue weighted by atomic mass is 9.96. The zero-order chi connectivity index (χ0) is 92.8. The highest BCUT2D eigenvalue weighted by Gasteiger charge is 2.25. The summed E-state index contributed by atoms with van der Waals surface area (Å²) in [7, 11) is 0. The smallest absolute Gasteiger partial charge is 0.160 e. The van der Waals surface area contributed by atoms with Crippen molar-refractivity contribution in [2.24, 2.45) is 0 Å². The van der Waals surface area contributed by atoms with Crippen molar-refractivity contribution in [3.63, 3.8) is 0 Å². The van der Waals surface area contributed by atoms with Crippen LogP contribution in [0.15, 0.2) is 503 Å². The number of nitrogens with zero attached hydrogens (tertiary/aromatic N) is 8. The average molecular weight is 1790 g/mol. The molecular weight excluding hydrogens is 1710 g/mol. The topological polar surface area (TPSA) is 156 Å². The van der Waals surface area contributed by atoms with Crippen molar-refractivity contribution in [3.8, 4) is 135 Å². The molecule has 28 aromatic rings. The van der Waals surface area contributed by atoms with Crippen LogP contribution in [0.5, 0.6) is 0 Å². The molecule has 28 rings (SSSR count). The van der Waals surface area contributed by atoms with Gasteiger partial charge in [-0.1, -0.05) is 382 Å². The van der Waals surface area contributed by atoms with E-state index < -0.39 is 0 Å². The van der Waals surface area contributed by atoms with Crippen LogP contribution in [0.3, 0.4) is 0 Å². The van der Waals surface area contributed by atoms with Gasteiger partial charge in [-0.25, -0.2) is 34.9 Å². The molecule has 0 amide bonds. The zero-order valence-electron chi connectivity index (χ0n) is 75.4. The number of hydrogen-bond acceptors (Lipinski definition) is 12. The fourth-order valence-electron chi connectivity index (χ4n) is 19.4. The molecule has 0 saturated carbocycles. The van der Waals surface area contributed by atoms with Gasteiger partial charge in [0.05, 0.1) is 73.0 Å². The molecule has 0 spiro atoms. The molecule has 0 aliphatic carbocycles. The lowest BCUT2D eigenvalue weighted by Gasteiger charge is -2.13. The maximum absolute atomic E-state index is 6.16. The number of aromatic nitrogens is 8. The van der Waals surface area contributed by atoms with Crippen molar-refractivity contribution in [3.05, 3.63) is 485 Å². The minimum Gasteiger partial charge on any atom is -0.456 e. The molecule has 0 N–H and O–H groups in total. The minimum absolute atomic E-state index is 0.729. The third-order valence-corrected chi connectivity index (χ3v) is 26.0. The van der Waals surface area contributed by atoms with Crippen LogP contribution < -0.4 is 0 Å². The first-order valence-corrected chi connectivity index (χ1v) is 46.7. The largest absolute Gasteiger partial charge is 0.456 e. The van der Waals surface area contributed by atoms with Gasteiger partial charge in [0.2, 0.25) is 0 Å². The van der Waals surface area contributed by atoms with Crippen LogP contribution in [0.25, 0.3) is 266 Å². The van der Waals surface area contributed by atoms with Gasteiger partial charge in [-0.15, -0.1) is 0 Å². The van der Waals surface area contributed by atoms with Crippen LogP contribution in [0, 0.1) is 0 Å². The average Bonchev–Trinajstić information content (AvgIpc) is 1.51. The molecule has 0 saturated heterocycles. The van der Waals surface area contributed by atoms with Crippen LogP contribution in [0.4, 0.5) is 0 Å². The van der Waals surface area contributed by atoms with Gasteiger partial charge < -0.3 is 17.7 Å². The molecule has 9 heterocycles. The predicted octanol–water partition coefficient (Wildman–Crippen LogP) is 34.1. The number of pyridine rings is 2. The highest BCUT2D eigenvalue weighted by Crippen LogP contribution is 2.46. The van der Waals surface area contributed by atoms with E-state index >= 15 is 0 Å². The lowest BCUT2D eigenvalue weighted by Crippen LogP contribution is -1.97. The first-order chi connectivity index (χ1) is 69.4. The summed E-state index contributed by atoms with van der Waals surface area (Å²) >= 11 is 0. The van der Waals surface area contributed by atoms with E-state index in [1.807, 2.05) is 231 Å². The van der Waals surface area contributed by atoms with Gasteiger partial charge >= 0.3 is 0 Å². The van der Waals surface area contributed by atoms with E-state index in [0.717, 1.165) is 255 Å². The zero-order valence-corrected chi connectivity index (χ0v) is 75.4. The standard InChI is InChI=1S/4C32H20N2O/c1-3-11-21(12-4-1)30-31(22-13-5-2-6-14-22)34-32-24(17-9-18-26(32)33-30)23-16-10-20-28-29(23)25-15-7-8-19-27(25)35-28;1-3-10-21(11-4-1)31-26-20-23(18-19-27(26)33-32(34-31)22-12-5-2-6-13-22)24-15-9-17-29-30(24)25-14-7-8-16-28(25)35-29;1-3-10-21(11-4-1)31-32(22-12-5-2-6-13-22)34-27-20-23(18-19-26(27)33-31)24-15-9-17-29-30(24)25-14-7-8-16-28(25)35-29;1-2-8-21(9-3-1)22-15-17-23(18-16-22)32-25-12-7-19-33-27(25)20-28(34-32)24-11-6-14-30-31(24)26-10-4-5-13-29(26)35-30/h4*1-20H.